The summed E-state index contributed by atoms with van der Waals surface area (Å²) in [5.41, 5.74) is 2.95. The van der Waals surface area contributed by atoms with Gasteiger partial charge in [0, 0.05) is 55.8 Å². The smallest absolute Gasteiger partial charge is 0.409 e. The second kappa shape index (κ2) is 10.4. The summed E-state index contributed by atoms with van der Waals surface area (Å²) >= 11 is 0. The van der Waals surface area contributed by atoms with Crippen LogP contribution in [0.25, 0.3) is 0 Å². The monoisotopic (exact) mass is 538 g/mol. The Bertz CT molecular complexity index is 1150. The van der Waals surface area contributed by atoms with Gasteiger partial charge in [-0.15, -0.1) is 0 Å². The molecular formula is C29H38N4O6. The second-order valence-corrected chi connectivity index (χ2v) is 11.8. The molecule has 1 spiro atoms. The van der Waals surface area contributed by atoms with Crippen molar-refractivity contribution in [1.82, 2.24) is 15.1 Å². The number of imide groups is 1. The number of benzene rings is 1. The Labute approximate surface area is 228 Å². The molecule has 0 radical (unpaired) electrons. The molecule has 4 aliphatic heterocycles. The van der Waals surface area contributed by atoms with E-state index in [2.05, 4.69) is 16.3 Å². The van der Waals surface area contributed by atoms with Gasteiger partial charge in [-0.3, -0.25) is 19.7 Å². The van der Waals surface area contributed by atoms with Crippen LogP contribution in [0.2, 0.25) is 0 Å². The molecule has 1 aromatic rings. The number of amides is 4. The second-order valence-electron chi connectivity index (χ2n) is 11.8. The molecule has 1 atom stereocenters. The van der Waals surface area contributed by atoms with Gasteiger partial charge in [-0.1, -0.05) is 0 Å². The lowest BCUT2D eigenvalue weighted by Gasteiger charge is -2.52. The number of likely N-dealkylation sites (tertiary alicyclic amines) is 1. The van der Waals surface area contributed by atoms with Crippen LogP contribution in [0.5, 0.6) is 0 Å². The van der Waals surface area contributed by atoms with Crippen molar-refractivity contribution in [3.05, 3.63) is 29.3 Å². The standard InChI is InChI=1S/C29H38N4O6/c1-2-38-28(37)32-17-29(18-32)11-7-21(8-12-29)39-22-9-13-31(14-10-22)20-3-4-23-19(15-20)16-33(27(23)36)24-5-6-25(34)30-26(24)35/h3-4,15,21-22,24H,2,5-14,16-18H2,1H3,(H,30,34,35). The number of nitrogens with one attached hydrogen (secondary N) is 1. The van der Waals surface area contributed by atoms with Gasteiger partial charge in [0.2, 0.25) is 11.8 Å². The first-order valence-corrected chi connectivity index (χ1v) is 14.4. The zero-order valence-electron chi connectivity index (χ0n) is 22.7. The number of hydrogen-bond donors (Lipinski definition) is 1. The number of piperidine rings is 2. The van der Waals surface area contributed by atoms with Gasteiger partial charge < -0.3 is 24.2 Å². The van der Waals surface area contributed by atoms with Crippen molar-refractivity contribution in [3.63, 3.8) is 0 Å². The highest BCUT2D eigenvalue weighted by molar-refractivity contribution is 6.05. The van der Waals surface area contributed by atoms with E-state index in [1.165, 1.54) is 0 Å². The molecule has 6 rings (SSSR count). The molecule has 5 aliphatic rings. The maximum Gasteiger partial charge on any atom is 0.409 e. The first kappa shape index (κ1) is 26.1. The van der Waals surface area contributed by atoms with Crippen LogP contribution < -0.4 is 10.2 Å². The highest BCUT2D eigenvalue weighted by Gasteiger charge is 2.48. The summed E-state index contributed by atoms with van der Waals surface area (Å²) in [4.78, 5) is 54.5. The Morgan fingerprint density at radius 1 is 1.03 bits per heavy atom. The van der Waals surface area contributed by atoms with Crippen LogP contribution in [-0.2, 0) is 25.6 Å². The first-order valence-electron chi connectivity index (χ1n) is 14.4. The molecule has 4 amide bonds. The van der Waals surface area contributed by atoms with Crippen LogP contribution in [0.3, 0.4) is 0 Å². The average Bonchev–Trinajstić information content (AvgIpc) is 3.24. The van der Waals surface area contributed by atoms with Crippen LogP contribution in [-0.4, -0.2) is 84.7 Å². The Hall–Kier alpha value is -3.14. The largest absolute Gasteiger partial charge is 0.450 e. The van der Waals surface area contributed by atoms with Gasteiger partial charge in [-0.05, 0) is 75.6 Å². The molecule has 4 heterocycles. The Balaban J connectivity index is 0.971. The van der Waals surface area contributed by atoms with E-state index in [0.717, 1.165) is 76.0 Å². The van der Waals surface area contributed by atoms with E-state index >= 15 is 0 Å². The highest BCUT2D eigenvalue weighted by Crippen LogP contribution is 2.45. The third-order valence-electron chi connectivity index (χ3n) is 9.27. The molecule has 39 heavy (non-hydrogen) atoms. The Morgan fingerprint density at radius 2 is 1.74 bits per heavy atom. The first-order chi connectivity index (χ1) is 18.8. The molecule has 0 bridgehead atoms. The Kier molecular flexibility index (Phi) is 6.99. The molecule has 1 unspecified atom stereocenters. The van der Waals surface area contributed by atoms with Crippen molar-refractivity contribution < 1.29 is 28.7 Å². The maximum absolute atomic E-state index is 13.0. The van der Waals surface area contributed by atoms with Gasteiger partial charge >= 0.3 is 6.09 Å². The number of carbonyl (C=O) groups is 4. The van der Waals surface area contributed by atoms with Gasteiger partial charge in [0.05, 0.1) is 18.8 Å². The molecule has 1 aromatic carbocycles. The molecule has 3 saturated heterocycles. The normalized spacial score (nSPS) is 25.5. The van der Waals surface area contributed by atoms with Crippen molar-refractivity contribution >= 4 is 29.5 Å². The number of hydrogen-bond acceptors (Lipinski definition) is 7. The van der Waals surface area contributed by atoms with E-state index < -0.39 is 6.04 Å². The van der Waals surface area contributed by atoms with Crippen LogP contribution in [0, 0.1) is 5.41 Å². The summed E-state index contributed by atoms with van der Waals surface area (Å²) in [6.07, 6.45) is 7.27. The van der Waals surface area contributed by atoms with E-state index in [4.69, 9.17) is 9.47 Å². The Morgan fingerprint density at radius 3 is 2.44 bits per heavy atom. The number of rotatable bonds is 5. The molecule has 0 aromatic heterocycles. The predicted molar refractivity (Wildman–Crippen MR) is 142 cm³/mol. The maximum atomic E-state index is 13.0. The lowest BCUT2D eigenvalue weighted by atomic mass is 9.68. The SMILES string of the molecule is CCOC(=O)N1CC2(CCC(OC3CCN(c4ccc5c(c4)CN(C4CCC(=O)NC4=O)C5=O)CC3)CC2)C1. The quantitative estimate of drug-likeness (QED) is 0.575. The topological polar surface area (TPSA) is 108 Å². The van der Waals surface area contributed by atoms with E-state index in [0.29, 0.717) is 31.2 Å². The molecule has 1 saturated carbocycles. The van der Waals surface area contributed by atoms with Crippen molar-refractivity contribution in [2.24, 2.45) is 5.41 Å². The summed E-state index contributed by atoms with van der Waals surface area (Å²) in [6, 6.07) is 5.38. The predicted octanol–water partition coefficient (Wildman–Crippen LogP) is 2.83. The molecule has 210 valence electrons. The van der Waals surface area contributed by atoms with Gasteiger partial charge in [0.25, 0.3) is 5.91 Å². The van der Waals surface area contributed by atoms with E-state index in [1.54, 1.807) is 4.90 Å². The van der Waals surface area contributed by atoms with Crippen molar-refractivity contribution in [1.29, 1.82) is 0 Å². The van der Waals surface area contributed by atoms with Crippen molar-refractivity contribution in [3.8, 4) is 0 Å². The molecule has 1 N–H and O–H groups in total. The van der Waals surface area contributed by atoms with Crippen molar-refractivity contribution in [2.75, 3.05) is 37.7 Å². The molecule has 10 heteroatoms. The lowest BCUT2D eigenvalue weighted by molar-refractivity contribution is -0.136. The molecule has 10 nitrogen and oxygen atoms in total. The van der Waals surface area contributed by atoms with Gasteiger partial charge in [-0.2, -0.15) is 0 Å². The van der Waals surface area contributed by atoms with Gasteiger partial charge in [-0.25, -0.2) is 4.79 Å². The van der Waals surface area contributed by atoms with Crippen LogP contribution in [0.4, 0.5) is 10.5 Å². The summed E-state index contributed by atoms with van der Waals surface area (Å²) in [7, 11) is 0. The van der Waals surface area contributed by atoms with Gasteiger partial charge in [0.15, 0.2) is 0 Å². The number of fused-ring (bicyclic) bond motifs is 1. The fourth-order valence-corrected chi connectivity index (χ4v) is 7.04. The van der Waals surface area contributed by atoms with Gasteiger partial charge in [0.1, 0.15) is 6.04 Å². The van der Waals surface area contributed by atoms with E-state index in [9.17, 15) is 19.2 Å². The van der Waals surface area contributed by atoms with Crippen LogP contribution in [0.1, 0.15) is 74.2 Å². The highest BCUT2D eigenvalue weighted by atomic mass is 16.6. The zero-order chi connectivity index (χ0) is 27.1. The molecule has 4 fully saturated rings. The minimum absolute atomic E-state index is 0.136. The lowest BCUT2D eigenvalue weighted by Crippen LogP contribution is -2.60. The van der Waals surface area contributed by atoms with Crippen molar-refractivity contribution in [2.45, 2.75) is 83.1 Å². The summed E-state index contributed by atoms with van der Waals surface area (Å²) in [6.45, 7) is 6.09. The fraction of sp³-hybridized carbons (Fsp3) is 0.655. The third-order valence-corrected chi connectivity index (χ3v) is 9.27. The molecule has 1 aliphatic carbocycles. The number of carbonyl (C=O) groups excluding carboxylic acids is 4. The minimum Gasteiger partial charge on any atom is -0.450 e. The van der Waals surface area contributed by atoms with E-state index in [1.807, 2.05) is 24.0 Å². The van der Waals surface area contributed by atoms with E-state index in [-0.39, 0.29) is 41.8 Å². The average molecular weight is 539 g/mol. The third kappa shape index (κ3) is 5.11. The summed E-state index contributed by atoms with van der Waals surface area (Å²) in [5, 5.41) is 2.36. The summed E-state index contributed by atoms with van der Waals surface area (Å²) in [5.74, 6) is -0.791. The fourth-order valence-electron chi connectivity index (χ4n) is 7.04. The van der Waals surface area contributed by atoms with Crippen LogP contribution in [0.15, 0.2) is 18.2 Å². The minimum atomic E-state index is -0.589. The van der Waals surface area contributed by atoms with Crippen LogP contribution >= 0.6 is 0 Å². The summed E-state index contributed by atoms with van der Waals surface area (Å²) < 4.78 is 11.7. The zero-order valence-corrected chi connectivity index (χ0v) is 22.7. The molecular weight excluding hydrogens is 500 g/mol. The number of nitrogens with zero attached hydrogens (tertiary/aromatic N) is 3. The number of anilines is 1. The number of ether oxygens (including phenoxy) is 2.